The fraction of sp³-hybridized carbons (Fsp3) is 0.783. The van der Waals surface area contributed by atoms with Gasteiger partial charge in [-0.2, -0.15) is 0 Å². The number of esters is 3. The van der Waals surface area contributed by atoms with E-state index in [0.29, 0.717) is 19.3 Å². The van der Waals surface area contributed by atoms with E-state index in [1.165, 1.54) is 193 Å². The van der Waals surface area contributed by atoms with Crippen LogP contribution in [0.25, 0.3) is 0 Å². The number of rotatable bonds is 59. The second-order valence-corrected chi connectivity index (χ2v) is 21.6. The molecule has 1 unspecified atom stereocenters. The highest BCUT2D eigenvalue weighted by Crippen LogP contribution is 2.17. The average molecular weight is 1050 g/mol. The van der Waals surface area contributed by atoms with Crippen LogP contribution in [0.4, 0.5) is 0 Å². The summed E-state index contributed by atoms with van der Waals surface area (Å²) in [4.78, 5) is 38.3. The largest absolute Gasteiger partial charge is 0.462 e. The van der Waals surface area contributed by atoms with Crippen LogP contribution in [0.5, 0.6) is 0 Å². The van der Waals surface area contributed by atoms with Crippen molar-refractivity contribution >= 4 is 17.9 Å². The van der Waals surface area contributed by atoms with Gasteiger partial charge in [-0.3, -0.25) is 14.4 Å². The zero-order valence-electron chi connectivity index (χ0n) is 49.8. The molecule has 0 amide bonds. The molecule has 0 aliphatic rings. The van der Waals surface area contributed by atoms with Crippen molar-refractivity contribution in [3.63, 3.8) is 0 Å². The SMILES string of the molecule is CC/C=C\C/C=C\C/C=C\C/C=C\C/C=C\CCCCCC(=O)OC(COC(=O)CCCCCCCCCCCCCCC)COC(=O)CCCCCCCCCCCCCCC/C=C\CCCCCCCCCC. The van der Waals surface area contributed by atoms with Gasteiger partial charge in [-0.25, -0.2) is 0 Å². The summed E-state index contributed by atoms with van der Waals surface area (Å²) in [6.45, 7) is 6.54. The molecule has 0 radical (unpaired) electrons. The molecule has 0 aromatic carbocycles. The highest BCUT2D eigenvalue weighted by Gasteiger charge is 2.19. The van der Waals surface area contributed by atoms with E-state index in [0.717, 1.165) is 96.3 Å². The third-order valence-electron chi connectivity index (χ3n) is 14.2. The average Bonchev–Trinajstić information content (AvgIpc) is 3.41. The van der Waals surface area contributed by atoms with Crippen molar-refractivity contribution in [2.45, 2.75) is 335 Å². The summed E-state index contributed by atoms with van der Waals surface area (Å²) in [5, 5.41) is 0. The van der Waals surface area contributed by atoms with Crippen LogP contribution in [0.2, 0.25) is 0 Å². The molecule has 0 aliphatic heterocycles. The maximum absolute atomic E-state index is 12.9. The Bertz CT molecular complexity index is 1390. The summed E-state index contributed by atoms with van der Waals surface area (Å²) >= 11 is 0. The van der Waals surface area contributed by atoms with Gasteiger partial charge in [-0.05, 0) is 89.9 Å². The van der Waals surface area contributed by atoms with Crippen LogP contribution in [0, 0.1) is 0 Å². The van der Waals surface area contributed by atoms with E-state index < -0.39 is 6.10 Å². The zero-order valence-corrected chi connectivity index (χ0v) is 49.8. The fourth-order valence-electron chi connectivity index (χ4n) is 9.35. The summed E-state index contributed by atoms with van der Waals surface area (Å²) in [7, 11) is 0. The first-order chi connectivity index (χ1) is 37.0. The number of allylic oxidation sites excluding steroid dienone is 12. The summed E-state index contributed by atoms with van der Waals surface area (Å²) in [6.07, 6.45) is 82.0. The Balaban J connectivity index is 4.32. The molecule has 0 saturated heterocycles. The summed E-state index contributed by atoms with van der Waals surface area (Å²) in [5.74, 6) is -0.902. The Hall–Kier alpha value is -3.15. The van der Waals surface area contributed by atoms with Gasteiger partial charge >= 0.3 is 17.9 Å². The quantitative estimate of drug-likeness (QED) is 0.0261. The lowest BCUT2D eigenvalue weighted by Gasteiger charge is -2.18. The number of unbranched alkanes of at least 4 members (excludes halogenated alkanes) is 36. The van der Waals surface area contributed by atoms with E-state index in [-0.39, 0.29) is 31.1 Å². The normalized spacial score (nSPS) is 12.5. The van der Waals surface area contributed by atoms with Gasteiger partial charge in [0.2, 0.25) is 0 Å². The Kier molecular flexibility index (Phi) is 60.7. The molecular weight excluding hydrogens is 925 g/mol. The van der Waals surface area contributed by atoms with Gasteiger partial charge in [0, 0.05) is 19.3 Å². The summed E-state index contributed by atoms with van der Waals surface area (Å²) in [5.41, 5.74) is 0. The maximum atomic E-state index is 12.9. The van der Waals surface area contributed by atoms with E-state index in [1.54, 1.807) is 0 Å². The lowest BCUT2D eigenvalue weighted by molar-refractivity contribution is -0.167. The number of hydrogen-bond donors (Lipinski definition) is 0. The Morgan fingerprint density at radius 1 is 0.280 bits per heavy atom. The minimum absolute atomic E-state index is 0.0856. The second kappa shape index (κ2) is 63.4. The Morgan fingerprint density at radius 2 is 0.520 bits per heavy atom. The number of ether oxygens (including phenoxy) is 3. The van der Waals surface area contributed by atoms with Crippen LogP contribution in [0.1, 0.15) is 329 Å². The molecule has 0 fully saturated rings. The zero-order chi connectivity index (χ0) is 54.3. The highest BCUT2D eigenvalue weighted by molar-refractivity contribution is 5.71. The third kappa shape index (κ3) is 61.6. The lowest BCUT2D eigenvalue weighted by atomic mass is 10.0. The van der Waals surface area contributed by atoms with Crippen LogP contribution < -0.4 is 0 Å². The van der Waals surface area contributed by atoms with E-state index in [2.05, 4.69) is 93.7 Å². The van der Waals surface area contributed by atoms with Crippen molar-refractivity contribution < 1.29 is 28.6 Å². The first-order valence-electron chi connectivity index (χ1n) is 32.4. The van der Waals surface area contributed by atoms with Crippen molar-refractivity contribution in [1.29, 1.82) is 0 Å². The second-order valence-electron chi connectivity index (χ2n) is 21.6. The molecular formula is C69H122O6. The van der Waals surface area contributed by atoms with E-state index in [4.69, 9.17) is 14.2 Å². The predicted octanol–water partition coefficient (Wildman–Crippen LogP) is 22.1. The summed E-state index contributed by atoms with van der Waals surface area (Å²) in [6, 6.07) is 0. The third-order valence-corrected chi connectivity index (χ3v) is 14.2. The number of carbonyl (C=O) groups excluding carboxylic acids is 3. The molecule has 0 aromatic rings. The molecule has 6 heteroatoms. The molecule has 0 bridgehead atoms. The predicted molar refractivity (Wildman–Crippen MR) is 325 cm³/mol. The van der Waals surface area contributed by atoms with Gasteiger partial charge in [-0.1, -0.05) is 293 Å². The number of carbonyl (C=O) groups is 3. The van der Waals surface area contributed by atoms with Crippen molar-refractivity contribution in [3.05, 3.63) is 72.9 Å². The van der Waals surface area contributed by atoms with Gasteiger partial charge in [0.15, 0.2) is 6.10 Å². The van der Waals surface area contributed by atoms with Crippen molar-refractivity contribution in [3.8, 4) is 0 Å². The van der Waals surface area contributed by atoms with Gasteiger partial charge in [0.25, 0.3) is 0 Å². The highest BCUT2D eigenvalue weighted by atomic mass is 16.6. The van der Waals surface area contributed by atoms with Crippen LogP contribution in [0.3, 0.4) is 0 Å². The van der Waals surface area contributed by atoms with Crippen molar-refractivity contribution in [2.75, 3.05) is 13.2 Å². The first-order valence-corrected chi connectivity index (χ1v) is 32.4. The van der Waals surface area contributed by atoms with Gasteiger partial charge in [-0.15, -0.1) is 0 Å². The fourth-order valence-corrected chi connectivity index (χ4v) is 9.35. The van der Waals surface area contributed by atoms with Gasteiger partial charge in [0.1, 0.15) is 13.2 Å². The molecule has 0 spiro atoms. The van der Waals surface area contributed by atoms with Crippen LogP contribution >= 0.6 is 0 Å². The smallest absolute Gasteiger partial charge is 0.306 e. The molecule has 434 valence electrons. The molecule has 75 heavy (non-hydrogen) atoms. The Morgan fingerprint density at radius 3 is 0.840 bits per heavy atom. The topological polar surface area (TPSA) is 78.9 Å². The minimum Gasteiger partial charge on any atom is -0.462 e. The monoisotopic (exact) mass is 1050 g/mol. The molecule has 0 N–H and O–H groups in total. The van der Waals surface area contributed by atoms with E-state index in [9.17, 15) is 14.4 Å². The molecule has 0 saturated carbocycles. The van der Waals surface area contributed by atoms with Crippen LogP contribution in [-0.2, 0) is 28.6 Å². The van der Waals surface area contributed by atoms with Crippen LogP contribution in [-0.4, -0.2) is 37.2 Å². The first kappa shape index (κ1) is 71.8. The molecule has 0 rings (SSSR count). The van der Waals surface area contributed by atoms with E-state index >= 15 is 0 Å². The Labute approximate surface area is 465 Å². The molecule has 0 heterocycles. The standard InChI is InChI=1S/C69H122O6/c1-4-7-10-13-16-19-22-25-27-29-31-32-33-34-35-36-38-39-41-44-47-50-53-56-59-62-68(71)74-65-66(64-73-67(70)61-58-55-52-49-46-43-24-21-18-15-12-9-6-3)75-69(72)63-60-57-54-51-48-45-42-40-37-30-28-26-23-20-17-14-11-8-5-2/h8,11,17,20,26,28-29,31,37,40,45,48,66H,4-7,9-10,12-16,18-19,21-25,27,30,32-36,38-39,41-44,46-47,49-65H2,1-3H3/b11-8-,20-17-,28-26-,31-29-,40-37-,48-45-. The summed E-state index contributed by atoms with van der Waals surface area (Å²) < 4.78 is 16.9. The maximum Gasteiger partial charge on any atom is 0.306 e. The lowest BCUT2D eigenvalue weighted by Crippen LogP contribution is -2.30. The van der Waals surface area contributed by atoms with Gasteiger partial charge in [0.05, 0.1) is 0 Å². The minimum atomic E-state index is -0.792. The molecule has 6 nitrogen and oxygen atoms in total. The number of hydrogen-bond acceptors (Lipinski definition) is 6. The van der Waals surface area contributed by atoms with Gasteiger partial charge < -0.3 is 14.2 Å². The molecule has 0 aromatic heterocycles. The van der Waals surface area contributed by atoms with E-state index in [1.807, 2.05) is 0 Å². The van der Waals surface area contributed by atoms with Crippen LogP contribution in [0.15, 0.2) is 72.9 Å². The van der Waals surface area contributed by atoms with Crippen molar-refractivity contribution in [2.24, 2.45) is 0 Å². The molecule has 0 aliphatic carbocycles. The molecule has 1 atom stereocenters. The van der Waals surface area contributed by atoms with Crippen molar-refractivity contribution in [1.82, 2.24) is 0 Å².